The van der Waals surface area contributed by atoms with E-state index < -0.39 is 0 Å². The van der Waals surface area contributed by atoms with Crippen molar-refractivity contribution in [2.75, 3.05) is 0 Å². The molecule has 2 heteroatoms. The molecule has 0 aliphatic heterocycles. The minimum atomic E-state index is -0.0623. The minimum Gasteiger partial charge on any atom is -0.462 e. The Morgan fingerprint density at radius 1 is 1.07 bits per heavy atom. The molecular weight excluding hydrogens is 176 g/mol. The monoisotopic (exact) mass is 190 g/mol. The summed E-state index contributed by atoms with van der Waals surface area (Å²) in [7, 11) is 0. The molecule has 0 aromatic rings. The summed E-state index contributed by atoms with van der Waals surface area (Å²) in [5, 5.41) is 0. The second kappa shape index (κ2) is 1.46. The first-order chi connectivity index (χ1) is 6.67. The van der Waals surface area contributed by atoms with Crippen molar-refractivity contribution in [1.82, 2.24) is 0 Å². The molecule has 6 fully saturated rings. The summed E-state index contributed by atoms with van der Waals surface area (Å²) in [5.74, 6) is 6.44. The van der Waals surface area contributed by atoms with Crippen LogP contribution in [-0.2, 0) is 9.53 Å². The van der Waals surface area contributed by atoms with Gasteiger partial charge in [0, 0.05) is 18.8 Å². The summed E-state index contributed by atoms with van der Waals surface area (Å²) in [6.45, 7) is 4.03. The van der Waals surface area contributed by atoms with Crippen molar-refractivity contribution in [3.05, 3.63) is 0 Å². The molecule has 0 amide bonds. The van der Waals surface area contributed by atoms with Crippen molar-refractivity contribution in [3.8, 4) is 0 Å². The highest BCUT2D eigenvalue weighted by Gasteiger charge is 2.99. The standard InChI is InChI=1S/C12H14O2/c1-3(13)14-11-4-5-8-6(4)10-7(11)9(5)12(8,10)2/h4-11H,1-2H3/t4?,5-,6-,7?,8?,9+,10+,11+,12?/m0/s1. The Morgan fingerprint density at radius 2 is 1.64 bits per heavy atom. The number of rotatable bonds is 1. The molecule has 74 valence electrons. The van der Waals surface area contributed by atoms with Crippen LogP contribution in [0.15, 0.2) is 0 Å². The van der Waals surface area contributed by atoms with Gasteiger partial charge in [0.15, 0.2) is 0 Å². The fraction of sp³-hybridized carbons (Fsp3) is 0.917. The number of ether oxygens (including phenoxy) is 1. The van der Waals surface area contributed by atoms with E-state index >= 15 is 0 Å². The second-order valence-electron chi connectivity index (χ2n) is 6.33. The van der Waals surface area contributed by atoms with Gasteiger partial charge in [-0.2, -0.15) is 0 Å². The van der Waals surface area contributed by atoms with E-state index in [-0.39, 0.29) is 5.97 Å². The third-order valence-corrected chi connectivity index (χ3v) is 6.59. The Balaban J connectivity index is 1.57. The normalized spacial score (nSPS) is 77.9. The fourth-order valence-electron chi connectivity index (χ4n) is 6.76. The molecule has 0 unspecified atom stereocenters. The maximum Gasteiger partial charge on any atom is 0.302 e. The molecule has 6 aliphatic rings. The summed E-state index contributed by atoms with van der Waals surface area (Å²) in [5.41, 5.74) is 0.728. The number of carbonyl (C=O) groups excluding carboxylic acids is 1. The molecule has 5 atom stereocenters. The van der Waals surface area contributed by atoms with E-state index in [1.807, 2.05) is 0 Å². The van der Waals surface area contributed by atoms with Crippen molar-refractivity contribution in [2.24, 2.45) is 46.8 Å². The van der Waals surface area contributed by atoms with Gasteiger partial charge in [0.05, 0.1) is 0 Å². The minimum absolute atomic E-state index is 0.0623. The number of esters is 1. The molecule has 6 aliphatic carbocycles. The second-order valence-corrected chi connectivity index (χ2v) is 6.33. The summed E-state index contributed by atoms with van der Waals surface area (Å²) in [6.07, 6.45) is 0.337. The zero-order valence-electron chi connectivity index (χ0n) is 8.44. The van der Waals surface area contributed by atoms with Gasteiger partial charge in [-0.25, -0.2) is 0 Å². The Morgan fingerprint density at radius 3 is 2.14 bits per heavy atom. The molecule has 0 heterocycles. The number of carbonyl (C=O) groups is 1. The lowest BCUT2D eigenvalue weighted by Crippen LogP contribution is -2.87. The molecule has 0 N–H and O–H groups in total. The van der Waals surface area contributed by atoms with E-state index in [0.29, 0.717) is 6.10 Å². The molecular formula is C12H14O2. The van der Waals surface area contributed by atoms with Crippen molar-refractivity contribution in [3.63, 3.8) is 0 Å². The number of hydrogen-bond donors (Lipinski definition) is 0. The summed E-state index contributed by atoms with van der Waals surface area (Å²) in [4.78, 5) is 11.0. The summed E-state index contributed by atoms with van der Waals surface area (Å²) in [6, 6.07) is 0. The molecule has 14 heavy (non-hydrogen) atoms. The van der Waals surface area contributed by atoms with Crippen molar-refractivity contribution >= 4 is 5.97 Å². The maximum atomic E-state index is 11.0. The van der Waals surface area contributed by atoms with E-state index in [1.165, 1.54) is 0 Å². The first kappa shape index (κ1) is 6.86. The van der Waals surface area contributed by atoms with Crippen LogP contribution in [0.1, 0.15) is 13.8 Å². The highest BCUT2D eigenvalue weighted by atomic mass is 16.5. The summed E-state index contributed by atoms with van der Waals surface area (Å²) < 4.78 is 5.52. The SMILES string of the molecule is CC(=O)O[C@@H]1C2[C@H]3C4[C@H]2[C@@H]2C1[C@@H]3C42C. The molecule has 2 nitrogen and oxygen atoms in total. The largest absolute Gasteiger partial charge is 0.462 e. The van der Waals surface area contributed by atoms with Gasteiger partial charge in [-0.05, 0) is 35.0 Å². The van der Waals surface area contributed by atoms with E-state index in [9.17, 15) is 4.79 Å². The lowest BCUT2D eigenvalue weighted by atomic mass is 9.14. The first-order valence-corrected chi connectivity index (χ1v) is 5.84. The highest BCUT2D eigenvalue weighted by molar-refractivity contribution is 5.66. The molecule has 6 rings (SSSR count). The van der Waals surface area contributed by atoms with E-state index in [1.54, 1.807) is 6.92 Å². The van der Waals surface area contributed by atoms with Crippen LogP contribution in [0.4, 0.5) is 0 Å². The predicted octanol–water partition coefficient (Wildman–Crippen LogP) is 1.31. The predicted molar refractivity (Wildman–Crippen MR) is 48.1 cm³/mol. The van der Waals surface area contributed by atoms with Gasteiger partial charge in [-0.1, -0.05) is 6.92 Å². The molecule has 0 aromatic heterocycles. The van der Waals surface area contributed by atoms with Gasteiger partial charge in [-0.3, -0.25) is 4.79 Å². The van der Waals surface area contributed by atoms with Crippen LogP contribution in [0.5, 0.6) is 0 Å². The third kappa shape index (κ3) is 0.333. The highest BCUT2D eigenvalue weighted by Crippen LogP contribution is 2.99. The molecule has 0 spiro atoms. The summed E-state index contributed by atoms with van der Waals surface area (Å²) >= 11 is 0. The van der Waals surface area contributed by atoms with Crippen molar-refractivity contribution in [1.29, 1.82) is 0 Å². The van der Waals surface area contributed by atoms with Gasteiger partial charge >= 0.3 is 5.97 Å². The van der Waals surface area contributed by atoms with Gasteiger partial charge in [0.2, 0.25) is 0 Å². The van der Waals surface area contributed by atoms with Gasteiger partial charge in [0.25, 0.3) is 0 Å². The number of hydrogen-bond acceptors (Lipinski definition) is 2. The smallest absolute Gasteiger partial charge is 0.302 e. The molecule has 0 saturated heterocycles. The van der Waals surface area contributed by atoms with Crippen LogP contribution >= 0.6 is 0 Å². The Kier molecular flexibility index (Phi) is 0.718. The average Bonchev–Trinajstić information content (AvgIpc) is 2.30. The van der Waals surface area contributed by atoms with Crippen LogP contribution in [0.25, 0.3) is 0 Å². The van der Waals surface area contributed by atoms with E-state index in [4.69, 9.17) is 4.74 Å². The van der Waals surface area contributed by atoms with Crippen molar-refractivity contribution < 1.29 is 9.53 Å². The van der Waals surface area contributed by atoms with Crippen LogP contribution < -0.4 is 0 Å². The maximum absolute atomic E-state index is 11.0. The van der Waals surface area contributed by atoms with Crippen LogP contribution in [0.3, 0.4) is 0 Å². The molecule has 0 radical (unpaired) electrons. The molecule has 2 bridgehead atoms. The zero-order valence-corrected chi connectivity index (χ0v) is 8.44. The van der Waals surface area contributed by atoms with Gasteiger partial charge in [0.1, 0.15) is 6.10 Å². The van der Waals surface area contributed by atoms with E-state index in [2.05, 4.69) is 6.92 Å². The molecule has 0 aromatic carbocycles. The van der Waals surface area contributed by atoms with Crippen LogP contribution in [0, 0.1) is 46.8 Å². The Labute approximate surface area is 83.0 Å². The van der Waals surface area contributed by atoms with Gasteiger partial charge < -0.3 is 4.74 Å². The Bertz CT molecular complexity index is 368. The third-order valence-electron chi connectivity index (χ3n) is 6.59. The first-order valence-electron chi connectivity index (χ1n) is 5.84. The lowest BCUT2D eigenvalue weighted by Gasteiger charge is -2.90. The molecule has 6 saturated carbocycles. The quantitative estimate of drug-likeness (QED) is 0.583. The van der Waals surface area contributed by atoms with E-state index in [0.717, 1.165) is 46.8 Å². The fourth-order valence-corrected chi connectivity index (χ4v) is 6.76. The lowest BCUT2D eigenvalue weighted by molar-refractivity contribution is -0.440. The Hall–Kier alpha value is -0.530. The van der Waals surface area contributed by atoms with Crippen LogP contribution in [-0.4, -0.2) is 12.1 Å². The topological polar surface area (TPSA) is 26.3 Å². The average molecular weight is 190 g/mol. The van der Waals surface area contributed by atoms with Crippen molar-refractivity contribution in [2.45, 2.75) is 20.0 Å². The van der Waals surface area contributed by atoms with Gasteiger partial charge in [-0.15, -0.1) is 0 Å². The van der Waals surface area contributed by atoms with Crippen LogP contribution in [0.2, 0.25) is 0 Å². The zero-order chi connectivity index (χ0) is 9.40.